The number of carbonyl (C=O) groups excluding carboxylic acids is 1. The molecule has 0 aromatic heterocycles. The minimum absolute atomic E-state index is 0.0779. The average Bonchev–Trinajstić information content (AvgIpc) is 3.01. The van der Waals surface area contributed by atoms with E-state index < -0.39 is 0 Å². The summed E-state index contributed by atoms with van der Waals surface area (Å²) >= 11 is 0. The van der Waals surface area contributed by atoms with Crippen LogP contribution in [0.4, 0.5) is 0 Å². The van der Waals surface area contributed by atoms with E-state index >= 15 is 0 Å². The number of hydrogen-bond acceptors (Lipinski definition) is 2. The van der Waals surface area contributed by atoms with Crippen LogP contribution in [0.2, 0.25) is 0 Å². The summed E-state index contributed by atoms with van der Waals surface area (Å²) in [6, 6.07) is 0.0779. The summed E-state index contributed by atoms with van der Waals surface area (Å²) in [5, 5.41) is 3.41. The molecule has 2 rings (SSSR count). The average molecular weight is 210 g/mol. The molecule has 2 fully saturated rings. The van der Waals surface area contributed by atoms with E-state index in [2.05, 4.69) is 24.1 Å². The van der Waals surface area contributed by atoms with Crippen molar-refractivity contribution >= 4 is 5.91 Å². The Labute approximate surface area is 92.2 Å². The fraction of sp³-hybridized carbons (Fsp3) is 0.917. The maximum Gasteiger partial charge on any atom is 0.241 e. The summed E-state index contributed by atoms with van der Waals surface area (Å²) in [5.74, 6) is 1.24. The molecule has 3 heteroatoms. The summed E-state index contributed by atoms with van der Waals surface area (Å²) in [7, 11) is 0. The van der Waals surface area contributed by atoms with Crippen LogP contribution < -0.4 is 5.32 Å². The highest BCUT2D eigenvalue weighted by Crippen LogP contribution is 2.33. The van der Waals surface area contributed by atoms with Crippen molar-refractivity contribution in [3.63, 3.8) is 0 Å². The SMILES string of the molecule is CCC1NC(CC)N(CCC2CC2)C1=O. The number of rotatable bonds is 5. The van der Waals surface area contributed by atoms with Crippen LogP contribution in [0.25, 0.3) is 0 Å². The molecular formula is C12H22N2O. The molecule has 3 nitrogen and oxygen atoms in total. The Morgan fingerprint density at radius 2 is 2.07 bits per heavy atom. The minimum Gasteiger partial charge on any atom is -0.326 e. The van der Waals surface area contributed by atoms with Gasteiger partial charge in [-0.15, -0.1) is 0 Å². The molecule has 1 aliphatic carbocycles. The van der Waals surface area contributed by atoms with Crippen LogP contribution in [0.15, 0.2) is 0 Å². The molecule has 0 radical (unpaired) electrons. The summed E-state index contributed by atoms with van der Waals surface area (Å²) < 4.78 is 0. The Bertz CT molecular complexity index is 238. The normalized spacial score (nSPS) is 31.3. The Balaban J connectivity index is 1.90. The predicted molar refractivity (Wildman–Crippen MR) is 60.3 cm³/mol. The van der Waals surface area contributed by atoms with Crippen molar-refractivity contribution in [3.8, 4) is 0 Å². The second kappa shape index (κ2) is 4.52. The first kappa shape index (κ1) is 10.9. The van der Waals surface area contributed by atoms with Crippen molar-refractivity contribution in [3.05, 3.63) is 0 Å². The van der Waals surface area contributed by atoms with Crippen LogP contribution in [0, 0.1) is 5.92 Å². The van der Waals surface area contributed by atoms with Crippen LogP contribution in [0.5, 0.6) is 0 Å². The van der Waals surface area contributed by atoms with Gasteiger partial charge in [-0.25, -0.2) is 0 Å². The van der Waals surface area contributed by atoms with Gasteiger partial charge < -0.3 is 4.90 Å². The molecule has 2 aliphatic rings. The van der Waals surface area contributed by atoms with Gasteiger partial charge in [0.05, 0.1) is 12.2 Å². The van der Waals surface area contributed by atoms with Crippen molar-refractivity contribution in [1.29, 1.82) is 0 Å². The maximum absolute atomic E-state index is 12.0. The molecule has 1 N–H and O–H groups in total. The lowest BCUT2D eigenvalue weighted by Crippen LogP contribution is -2.37. The quantitative estimate of drug-likeness (QED) is 0.749. The van der Waals surface area contributed by atoms with Crippen molar-refractivity contribution in [2.45, 2.75) is 58.2 Å². The molecule has 0 spiro atoms. The number of carbonyl (C=O) groups is 1. The van der Waals surface area contributed by atoms with Gasteiger partial charge in [0, 0.05) is 6.54 Å². The van der Waals surface area contributed by atoms with E-state index in [1.807, 2.05) is 0 Å². The van der Waals surface area contributed by atoms with E-state index in [0.717, 1.165) is 25.3 Å². The lowest BCUT2D eigenvalue weighted by atomic mass is 10.2. The van der Waals surface area contributed by atoms with E-state index in [-0.39, 0.29) is 6.04 Å². The molecule has 1 saturated carbocycles. The molecule has 0 aromatic rings. The Kier molecular flexibility index (Phi) is 3.29. The van der Waals surface area contributed by atoms with Gasteiger partial charge in [0.15, 0.2) is 0 Å². The van der Waals surface area contributed by atoms with Gasteiger partial charge in [0.1, 0.15) is 0 Å². The molecule has 15 heavy (non-hydrogen) atoms. The van der Waals surface area contributed by atoms with E-state index in [1.54, 1.807) is 0 Å². The fourth-order valence-corrected chi connectivity index (χ4v) is 2.37. The zero-order chi connectivity index (χ0) is 10.8. The third kappa shape index (κ3) is 2.33. The zero-order valence-corrected chi connectivity index (χ0v) is 9.83. The van der Waals surface area contributed by atoms with E-state index in [0.29, 0.717) is 12.1 Å². The molecule has 0 aromatic carbocycles. The molecule has 0 bridgehead atoms. The van der Waals surface area contributed by atoms with Gasteiger partial charge in [-0.3, -0.25) is 10.1 Å². The second-order valence-corrected chi connectivity index (χ2v) is 4.82. The fourth-order valence-electron chi connectivity index (χ4n) is 2.37. The number of nitrogens with zero attached hydrogens (tertiary/aromatic N) is 1. The molecule has 1 heterocycles. The van der Waals surface area contributed by atoms with Crippen LogP contribution in [0.1, 0.15) is 46.0 Å². The van der Waals surface area contributed by atoms with Gasteiger partial charge in [-0.05, 0) is 25.2 Å². The molecule has 2 unspecified atom stereocenters. The van der Waals surface area contributed by atoms with Gasteiger partial charge in [-0.1, -0.05) is 26.7 Å². The molecule has 1 saturated heterocycles. The first-order valence-electron chi connectivity index (χ1n) is 6.32. The molecule has 1 aliphatic heterocycles. The molecule has 86 valence electrons. The lowest BCUT2D eigenvalue weighted by Gasteiger charge is -2.22. The molecule has 2 atom stereocenters. The third-order valence-electron chi connectivity index (χ3n) is 3.62. The number of nitrogens with one attached hydrogen (secondary N) is 1. The summed E-state index contributed by atoms with van der Waals surface area (Å²) in [6.45, 7) is 5.19. The van der Waals surface area contributed by atoms with E-state index in [4.69, 9.17) is 0 Å². The minimum atomic E-state index is 0.0779. The monoisotopic (exact) mass is 210 g/mol. The first-order chi connectivity index (χ1) is 7.26. The Morgan fingerprint density at radius 3 is 2.60 bits per heavy atom. The second-order valence-electron chi connectivity index (χ2n) is 4.82. The van der Waals surface area contributed by atoms with Gasteiger partial charge in [0.2, 0.25) is 5.91 Å². The van der Waals surface area contributed by atoms with Crippen LogP contribution >= 0.6 is 0 Å². The summed E-state index contributed by atoms with van der Waals surface area (Å²) in [5.41, 5.74) is 0. The van der Waals surface area contributed by atoms with Gasteiger partial charge in [0.25, 0.3) is 0 Å². The molecular weight excluding hydrogens is 188 g/mol. The van der Waals surface area contributed by atoms with E-state index in [1.165, 1.54) is 19.3 Å². The Morgan fingerprint density at radius 1 is 1.33 bits per heavy atom. The van der Waals surface area contributed by atoms with Crippen LogP contribution in [0.3, 0.4) is 0 Å². The smallest absolute Gasteiger partial charge is 0.241 e. The van der Waals surface area contributed by atoms with Gasteiger partial charge in [-0.2, -0.15) is 0 Å². The Hall–Kier alpha value is -0.570. The summed E-state index contributed by atoms with van der Waals surface area (Å²) in [6.07, 6.45) is 6.19. The van der Waals surface area contributed by atoms with Crippen LogP contribution in [-0.4, -0.2) is 29.6 Å². The standard InChI is InChI=1S/C12H22N2O/c1-3-10-12(15)14(11(4-2)13-10)8-7-9-5-6-9/h9-11,13H,3-8H2,1-2H3. The van der Waals surface area contributed by atoms with E-state index in [9.17, 15) is 4.79 Å². The lowest BCUT2D eigenvalue weighted by molar-refractivity contribution is -0.130. The highest BCUT2D eigenvalue weighted by atomic mass is 16.2. The largest absolute Gasteiger partial charge is 0.326 e. The topological polar surface area (TPSA) is 32.3 Å². The molecule has 1 amide bonds. The first-order valence-corrected chi connectivity index (χ1v) is 6.32. The maximum atomic E-state index is 12.0. The van der Waals surface area contributed by atoms with Crippen molar-refractivity contribution in [2.24, 2.45) is 5.92 Å². The summed E-state index contributed by atoms with van der Waals surface area (Å²) in [4.78, 5) is 14.1. The van der Waals surface area contributed by atoms with Crippen LogP contribution in [-0.2, 0) is 4.79 Å². The number of hydrogen-bond donors (Lipinski definition) is 1. The van der Waals surface area contributed by atoms with Crippen molar-refractivity contribution in [2.75, 3.05) is 6.54 Å². The van der Waals surface area contributed by atoms with Gasteiger partial charge >= 0.3 is 0 Å². The van der Waals surface area contributed by atoms with Crippen molar-refractivity contribution in [1.82, 2.24) is 10.2 Å². The number of amides is 1. The zero-order valence-electron chi connectivity index (χ0n) is 9.83. The van der Waals surface area contributed by atoms with Crippen molar-refractivity contribution < 1.29 is 4.79 Å². The highest BCUT2D eigenvalue weighted by molar-refractivity contribution is 5.84. The predicted octanol–water partition coefficient (Wildman–Crippen LogP) is 1.73. The highest BCUT2D eigenvalue weighted by Gasteiger charge is 2.37. The third-order valence-corrected chi connectivity index (χ3v) is 3.62.